The summed E-state index contributed by atoms with van der Waals surface area (Å²) in [6, 6.07) is 5.44. The van der Waals surface area contributed by atoms with E-state index in [1.54, 1.807) is 25.3 Å². The molecule has 152 valence electrons. The van der Waals surface area contributed by atoms with Crippen LogP contribution in [-0.4, -0.2) is 70.5 Å². The van der Waals surface area contributed by atoms with Gasteiger partial charge in [-0.2, -0.15) is 5.10 Å². The number of hydrogen-bond donors (Lipinski definition) is 5. The van der Waals surface area contributed by atoms with Crippen molar-refractivity contribution in [2.75, 3.05) is 17.8 Å². The highest BCUT2D eigenvalue weighted by molar-refractivity contribution is 5.97. The van der Waals surface area contributed by atoms with E-state index in [9.17, 15) is 15.3 Å². The van der Waals surface area contributed by atoms with E-state index in [1.807, 2.05) is 6.07 Å². The maximum absolute atomic E-state index is 10.5. The maximum Gasteiger partial charge on any atom is 0.228 e. The number of nitrogen functional groups attached to an aromatic ring is 1. The lowest BCUT2D eigenvalue weighted by molar-refractivity contribution is -0.0501. The second kappa shape index (κ2) is 7.67. The molecule has 6 N–H and O–H groups in total. The van der Waals surface area contributed by atoms with Crippen LogP contribution in [0.25, 0.3) is 11.2 Å². The first kappa shape index (κ1) is 19.1. The Morgan fingerprint density at radius 3 is 2.79 bits per heavy atom. The van der Waals surface area contributed by atoms with Gasteiger partial charge < -0.3 is 25.8 Å². The van der Waals surface area contributed by atoms with E-state index in [0.29, 0.717) is 11.4 Å². The summed E-state index contributed by atoms with van der Waals surface area (Å²) in [5, 5.41) is 34.3. The molecule has 0 aliphatic carbocycles. The number of anilines is 2. The van der Waals surface area contributed by atoms with Crippen LogP contribution in [-0.2, 0) is 4.74 Å². The molecule has 0 spiro atoms. The predicted octanol–water partition coefficient (Wildman–Crippen LogP) is -0.749. The van der Waals surface area contributed by atoms with Gasteiger partial charge in [-0.05, 0) is 19.1 Å². The Balaban J connectivity index is 1.76. The number of aliphatic hydroxyl groups is 3. The first-order chi connectivity index (χ1) is 14.0. The van der Waals surface area contributed by atoms with Crippen LogP contribution in [0.4, 0.5) is 11.8 Å². The molecular weight excluding hydrogens is 380 g/mol. The summed E-state index contributed by atoms with van der Waals surface area (Å²) < 4.78 is 7.05. The molecule has 12 nitrogen and oxygen atoms in total. The number of imidazole rings is 1. The molecule has 4 atom stereocenters. The largest absolute Gasteiger partial charge is 0.394 e. The summed E-state index contributed by atoms with van der Waals surface area (Å²) in [4.78, 5) is 16.7. The van der Waals surface area contributed by atoms with E-state index >= 15 is 0 Å². The van der Waals surface area contributed by atoms with Crippen LogP contribution in [0, 0.1) is 0 Å². The zero-order valence-electron chi connectivity index (χ0n) is 15.4. The van der Waals surface area contributed by atoms with Gasteiger partial charge in [-0.15, -0.1) is 0 Å². The van der Waals surface area contributed by atoms with Crippen LogP contribution in [0.15, 0.2) is 35.8 Å². The van der Waals surface area contributed by atoms with E-state index < -0.39 is 31.1 Å². The number of fused-ring (bicyclic) bond motifs is 1. The molecule has 4 heterocycles. The average Bonchev–Trinajstić information content (AvgIpc) is 3.25. The van der Waals surface area contributed by atoms with Crippen LogP contribution in [0.5, 0.6) is 0 Å². The van der Waals surface area contributed by atoms with E-state index in [0.717, 1.165) is 0 Å². The van der Waals surface area contributed by atoms with Crippen LogP contribution >= 0.6 is 0 Å². The van der Waals surface area contributed by atoms with Crippen molar-refractivity contribution in [2.45, 2.75) is 31.5 Å². The van der Waals surface area contributed by atoms with Crippen molar-refractivity contribution in [2.24, 2.45) is 5.10 Å². The number of ether oxygens (including phenoxy) is 1. The summed E-state index contributed by atoms with van der Waals surface area (Å²) in [7, 11) is 0. The van der Waals surface area contributed by atoms with Crippen LogP contribution in [0.3, 0.4) is 0 Å². The molecule has 4 rings (SSSR count). The minimum absolute atomic E-state index is 0.133. The van der Waals surface area contributed by atoms with Crippen molar-refractivity contribution in [3.63, 3.8) is 0 Å². The third-order valence-electron chi connectivity index (χ3n) is 4.64. The molecule has 3 aromatic rings. The normalized spacial score (nSPS) is 24.9. The molecule has 29 heavy (non-hydrogen) atoms. The van der Waals surface area contributed by atoms with Crippen molar-refractivity contribution in [1.29, 1.82) is 0 Å². The number of hydrazone groups is 1. The number of nitrogens with zero attached hydrogens (tertiary/aromatic N) is 6. The number of aliphatic hydroxyl groups excluding tert-OH is 3. The van der Waals surface area contributed by atoms with Gasteiger partial charge >= 0.3 is 0 Å². The summed E-state index contributed by atoms with van der Waals surface area (Å²) in [5.41, 5.74) is 10.5. The lowest BCUT2D eigenvalue weighted by Gasteiger charge is -2.18. The average molecular weight is 400 g/mol. The number of rotatable bonds is 5. The van der Waals surface area contributed by atoms with Gasteiger partial charge in [0, 0.05) is 6.20 Å². The maximum atomic E-state index is 10.5. The Kier molecular flexibility index (Phi) is 5.07. The number of hydrogen-bond acceptors (Lipinski definition) is 11. The van der Waals surface area contributed by atoms with Crippen molar-refractivity contribution < 1.29 is 20.1 Å². The van der Waals surface area contributed by atoms with Crippen molar-refractivity contribution in [1.82, 2.24) is 24.5 Å². The lowest BCUT2D eigenvalue weighted by Crippen LogP contribution is -2.33. The predicted molar refractivity (Wildman–Crippen MR) is 103 cm³/mol. The zero-order chi connectivity index (χ0) is 20.5. The summed E-state index contributed by atoms with van der Waals surface area (Å²) in [6.45, 7) is 1.31. The Labute approximate surface area is 164 Å². The monoisotopic (exact) mass is 400 g/mol. The number of pyridine rings is 1. The molecule has 3 aromatic heterocycles. The third-order valence-corrected chi connectivity index (χ3v) is 4.64. The summed E-state index contributed by atoms with van der Waals surface area (Å²) in [6.07, 6.45) is -1.74. The summed E-state index contributed by atoms with van der Waals surface area (Å²) in [5.74, 6) is 0.297. The number of nitrogens with one attached hydrogen (secondary N) is 1. The van der Waals surface area contributed by atoms with Gasteiger partial charge in [-0.3, -0.25) is 9.55 Å². The molecule has 1 aliphatic heterocycles. The standard InChI is InChI=1S/C17H20N8O4/c1-8(9-4-2-3-5-19-9)23-24-17-22-11-14(18)20-7-21-15(11)25(17)16-13(28)12(27)10(6-26)29-16/h2-5,7,10,12-13,16,26-28H,6H2,1H3,(H,22,24)(H2,18,20,21). The van der Waals surface area contributed by atoms with Crippen molar-refractivity contribution in [3.05, 3.63) is 36.4 Å². The van der Waals surface area contributed by atoms with E-state index in [2.05, 4.69) is 30.5 Å². The van der Waals surface area contributed by atoms with E-state index in [1.165, 1.54) is 10.9 Å². The van der Waals surface area contributed by atoms with Gasteiger partial charge in [0.1, 0.15) is 24.6 Å². The highest BCUT2D eigenvalue weighted by Gasteiger charge is 2.45. The van der Waals surface area contributed by atoms with Crippen LogP contribution in [0.1, 0.15) is 18.8 Å². The lowest BCUT2D eigenvalue weighted by atomic mass is 10.1. The van der Waals surface area contributed by atoms with Gasteiger partial charge in [0.15, 0.2) is 23.2 Å². The fourth-order valence-electron chi connectivity index (χ4n) is 3.11. The first-order valence-corrected chi connectivity index (χ1v) is 8.83. The smallest absolute Gasteiger partial charge is 0.228 e. The quantitative estimate of drug-likeness (QED) is 0.270. The molecule has 0 aromatic carbocycles. The fourth-order valence-corrected chi connectivity index (χ4v) is 3.11. The van der Waals surface area contributed by atoms with Gasteiger partial charge in [-0.25, -0.2) is 20.4 Å². The number of aromatic nitrogens is 5. The molecule has 1 fully saturated rings. The van der Waals surface area contributed by atoms with Crippen molar-refractivity contribution >= 4 is 28.6 Å². The van der Waals surface area contributed by atoms with Crippen molar-refractivity contribution in [3.8, 4) is 0 Å². The SMILES string of the molecule is CC(=NNc1nc2c(N)ncnc2n1C1OC(CO)C(O)C1O)c1ccccn1. The minimum atomic E-state index is -1.33. The highest BCUT2D eigenvalue weighted by atomic mass is 16.6. The third kappa shape index (κ3) is 3.38. The van der Waals surface area contributed by atoms with Gasteiger partial charge in [0.2, 0.25) is 5.95 Å². The number of nitrogens with two attached hydrogens (primary N) is 1. The first-order valence-electron chi connectivity index (χ1n) is 8.83. The van der Waals surface area contributed by atoms with Gasteiger partial charge in [0.25, 0.3) is 0 Å². The molecule has 1 aliphatic rings. The molecule has 0 bridgehead atoms. The highest BCUT2D eigenvalue weighted by Crippen LogP contribution is 2.35. The Bertz CT molecular complexity index is 1040. The molecular formula is C17H20N8O4. The van der Waals surface area contributed by atoms with Crippen LogP contribution < -0.4 is 11.2 Å². The Morgan fingerprint density at radius 2 is 2.10 bits per heavy atom. The molecule has 0 saturated carbocycles. The molecule has 4 unspecified atom stereocenters. The fraction of sp³-hybridized carbons (Fsp3) is 0.353. The molecule has 0 amide bonds. The Morgan fingerprint density at radius 1 is 1.28 bits per heavy atom. The molecule has 0 radical (unpaired) electrons. The Hall–Kier alpha value is -3.19. The second-order valence-corrected chi connectivity index (χ2v) is 6.49. The minimum Gasteiger partial charge on any atom is -0.394 e. The molecule has 1 saturated heterocycles. The zero-order valence-corrected chi connectivity index (χ0v) is 15.4. The topological polar surface area (TPSA) is 177 Å². The van der Waals surface area contributed by atoms with E-state index in [-0.39, 0.29) is 22.9 Å². The van der Waals surface area contributed by atoms with Gasteiger partial charge in [-0.1, -0.05) is 6.07 Å². The van der Waals surface area contributed by atoms with Gasteiger partial charge in [0.05, 0.1) is 18.0 Å². The van der Waals surface area contributed by atoms with Crippen LogP contribution in [0.2, 0.25) is 0 Å². The molecule has 12 heteroatoms. The summed E-state index contributed by atoms with van der Waals surface area (Å²) >= 11 is 0. The van der Waals surface area contributed by atoms with E-state index in [4.69, 9.17) is 10.5 Å². The second-order valence-electron chi connectivity index (χ2n) is 6.49.